The second kappa shape index (κ2) is 7.14. The molecule has 0 fully saturated rings. The molecular weight excluding hydrogens is 278 g/mol. The zero-order valence-corrected chi connectivity index (χ0v) is 12.5. The first kappa shape index (κ1) is 15.4. The first-order chi connectivity index (χ1) is 10.6. The Morgan fingerprint density at radius 2 is 2.05 bits per heavy atom. The second-order valence-corrected chi connectivity index (χ2v) is 4.92. The van der Waals surface area contributed by atoms with Crippen molar-refractivity contribution in [3.63, 3.8) is 0 Å². The van der Waals surface area contributed by atoms with Crippen molar-refractivity contribution in [2.45, 2.75) is 6.54 Å². The quantitative estimate of drug-likeness (QED) is 0.680. The highest BCUT2D eigenvalue weighted by atomic mass is 16.3. The van der Waals surface area contributed by atoms with Crippen molar-refractivity contribution in [1.82, 2.24) is 5.32 Å². The molecule has 5 heteroatoms. The van der Waals surface area contributed by atoms with Gasteiger partial charge < -0.3 is 14.6 Å². The Kier molecular flexibility index (Phi) is 4.99. The average Bonchev–Trinajstić information content (AvgIpc) is 3.04. The summed E-state index contributed by atoms with van der Waals surface area (Å²) < 4.78 is 5.13. The van der Waals surface area contributed by atoms with Gasteiger partial charge in [0, 0.05) is 19.8 Å². The fourth-order valence-electron chi connectivity index (χ4n) is 1.86. The SMILES string of the molecule is CN(C)c1ccc(C=C(C#N)C(=O)NCc2ccco2)cc1. The molecule has 1 aromatic heterocycles. The van der Waals surface area contributed by atoms with Crippen LogP contribution in [0.5, 0.6) is 0 Å². The van der Waals surface area contributed by atoms with E-state index in [1.165, 1.54) is 6.26 Å². The van der Waals surface area contributed by atoms with Crippen molar-refractivity contribution >= 4 is 17.7 Å². The van der Waals surface area contributed by atoms with Crippen LogP contribution in [0, 0.1) is 11.3 Å². The van der Waals surface area contributed by atoms with Crippen LogP contribution < -0.4 is 10.2 Å². The Hall–Kier alpha value is -3.00. The molecule has 1 amide bonds. The van der Waals surface area contributed by atoms with Gasteiger partial charge in [-0.3, -0.25) is 4.79 Å². The number of anilines is 1. The number of carbonyl (C=O) groups is 1. The highest BCUT2D eigenvalue weighted by Gasteiger charge is 2.09. The van der Waals surface area contributed by atoms with E-state index in [4.69, 9.17) is 9.68 Å². The van der Waals surface area contributed by atoms with Crippen molar-refractivity contribution in [1.29, 1.82) is 5.26 Å². The standard InChI is InChI=1S/C17H17N3O2/c1-20(2)15-7-5-13(6-8-15)10-14(11-18)17(21)19-12-16-4-3-9-22-16/h3-10H,12H2,1-2H3,(H,19,21). The number of hydrogen-bond donors (Lipinski definition) is 1. The Bertz CT molecular complexity index is 693. The van der Waals surface area contributed by atoms with E-state index >= 15 is 0 Å². The zero-order valence-electron chi connectivity index (χ0n) is 12.5. The van der Waals surface area contributed by atoms with Crippen molar-refractivity contribution < 1.29 is 9.21 Å². The lowest BCUT2D eigenvalue weighted by Gasteiger charge is -2.11. The van der Waals surface area contributed by atoms with Crippen molar-refractivity contribution in [2.24, 2.45) is 0 Å². The monoisotopic (exact) mass is 295 g/mol. The predicted molar refractivity (Wildman–Crippen MR) is 84.9 cm³/mol. The second-order valence-electron chi connectivity index (χ2n) is 4.92. The van der Waals surface area contributed by atoms with Crippen LogP contribution >= 0.6 is 0 Å². The lowest BCUT2D eigenvalue weighted by Crippen LogP contribution is -2.23. The molecule has 5 nitrogen and oxygen atoms in total. The molecule has 0 aliphatic carbocycles. The van der Waals surface area contributed by atoms with E-state index in [1.807, 2.05) is 49.3 Å². The third-order valence-electron chi connectivity index (χ3n) is 3.09. The summed E-state index contributed by atoms with van der Waals surface area (Å²) >= 11 is 0. The maximum absolute atomic E-state index is 12.0. The van der Waals surface area contributed by atoms with Gasteiger partial charge in [-0.25, -0.2) is 0 Å². The number of nitrogens with one attached hydrogen (secondary N) is 1. The van der Waals surface area contributed by atoms with Gasteiger partial charge >= 0.3 is 0 Å². The number of nitriles is 1. The Morgan fingerprint density at radius 1 is 1.32 bits per heavy atom. The van der Waals surface area contributed by atoms with Crippen molar-refractivity contribution in [3.05, 3.63) is 59.6 Å². The zero-order chi connectivity index (χ0) is 15.9. The Morgan fingerprint density at radius 3 is 2.59 bits per heavy atom. The van der Waals surface area contributed by atoms with E-state index in [-0.39, 0.29) is 12.1 Å². The molecule has 0 saturated heterocycles. The van der Waals surface area contributed by atoms with E-state index in [2.05, 4.69) is 5.32 Å². The maximum Gasteiger partial charge on any atom is 0.262 e. The summed E-state index contributed by atoms with van der Waals surface area (Å²) in [5, 5.41) is 11.8. The number of rotatable bonds is 5. The van der Waals surface area contributed by atoms with Crippen LogP contribution in [0.15, 0.2) is 52.7 Å². The normalized spacial score (nSPS) is 10.9. The van der Waals surface area contributed by atoms with Gasteiger partial charge in [0.15, 0.2) is 0 Å². The summed E-state index contributed by atoms with van der Waals surface area (Å²) in [5.74, 6) is 0.219. The number of carbonyl (C=O) groups excluding carboxylic acids is 1. The summed E-state index contributed by atoms with van der Waals surface area (Å²) in [6.07, 6.45) is 3.10. The van der Waals surface area contributed by atoms with E-state index in [9.17, 15) is 4.79 Å². The fraction of sp³-hybridized carbons (Fsp3) is 0.176. The topological polar surface area (TPSA) is 69.3 Å². The minimum Gasteiger partial charge on any atom is -0.467 e. The molecule has 112 valence electrons. The minimum absolute atomic E-state index is 0.0594. The van der Waals surface area contributed by atoms with Crippen LogP contribution in [0.4, 0.5) is 5.69 Å². The molecule has 0 bridgehead atoms. The van der Waals surface area contributed by atoms with Gasteiger partial charge in [-0.2, -0.15) is 5.26 Å². The van der Waals surface area contributed by atoms with Crippen molar-refractivity contribution in [3.8, 4) is 6.07 Å². The molecule has 0 spiro atoms. The number of amides is 1. The number of nitrogens with zero attached hydrogens (tertiary/aromatic N) is 2. The molecule has 22 heavy (non-hydrogen) atoms. The molecule has 0 atom stereocenters. The molecule has 2 rings (SSSR count). The highest BCUT2D eigenvalue weighted by molar-refractivity contribution is 6.01. The van der Waals surface area contributed by atoms with Gasteiger partial charge in [0.1, 0.15) is 17.4 Å². The summed E-state index contributed by atoms with van der Waals surface area (Å²) in [4.78, 5) is 14.0. The van der Waals surface area contributed by atoms with Crippen LogP contribution in [0.25, 0.3) is 6.08 Å². The fourth-order valence-corrected chi connectivity index (χ4v) is 1.86. The van der Waals surface area contributed by atoms with Crippen LogP contribution in [0.2, 0.25) is 0 Å². The largest absolute Gasteiger partial charge is 0.467 e. The summed E-state index contributed by atoms with van der Waals surface area (Å²) in [7, 11) is 3.90. The number of hydrogen-bond acceptors (Lipinski definition) is 4. The smallest absolute Gasteiger partial charge is 0.262 e. The van der Waals surface area contributed by atoms with E-state index in [0.29, 0.717) is 5.76 Å². The van der Waals surface area contributed by atoms with Gasteiger partial charge in [0.25, 0.3) is 5.91 Å². The number of furan rings is 1. The van der Waals surface area contributed by atoms with Crippen LogP contribution in [-0.4, -0.2) is 20.0 Å². The molecule has 0 unspecified atom stereocenters. The minimum atomic E-state index is -0.421. The first-order valence-corrected chi connectivity index (χ1v) is 6.80. The van der Waals surface area contributed by atoms with Crippen LogP contribution in [0.3, 0.4) is 0 Å². The lowest BCUT2D eigenvalue weighted by atomic mass is 10.1. The van der Waals surface area contributed by atoms with Gasteiger partial charge in [0.05, 0.1) is 12.8 Å². The van der Waals surface area contributed by atoms with Gasteiger partial charge in [-0.1, -0.05) is 12.1 Å². The molecular formula is C17H17N3O2. The third kappa shape index (κ3) is 4.00. The average molecular weight is 295 g/mol. The molecule has 2 aromatic rings. The van der Waals surface area contributed by atoms with E-state index in [0.717, 1.165) is 11.3 Å². The summed E-state index contributed by atoms with van der Waals surface area (Å²) in [5.41, 5.74) is 1.91. The Labute approximate surface area is 129 Å². The summed E-state index contributed by atoms with van der Waals surface area (Å²) in [6, 6.07) is 13.0. The van der Waals surface area contributed by atoms with Gasteiger partial charge in [-0.15, -0.1) is 0 Å². The molecule has 1 aromatic carbocycles. The van der Waals surface area contributed by atoms with Gasteiger partial charge in [-0.05, 0) is 35.9 Å². The molecule has 1 N–H and O–H groups in total. The van der Waals surface area contributed by atoms with E-state index < -0.39 is 5.91 Å². The predicted octanol–water partition coefficient (Wildman–Crippen LogP) is 2.57. The van der Waals surface area contributed by atoms with Gasteiger partial charge in [0.2, 0.25) is 0 Å². The molecule has 0 radical (unpaired) electrons. The van der Waals surface area contributed by atoms with Crippen LogP contribution in [-0.2, 0) is 11.3 Å². The lowest BCUT2D eigenvalue weighted by molar-refractivity contribution is -0.117. The summed E-state index contributed by atoms with van der Waals surface area (Å²) in [6.45, 7) is 0.254. The van der Waals surface area contributed by atoms with E-state index in [1.54, 1.807) is 18.2 Å². The molecule has 0 aliphatic rings. The first-order valence-electron chi connectivity index (χ1n) is 6.80. The molecule has 0 aliphatic heterocycles. The molecule has 1 heterocycles. The van der Waals surface area contributed by atoms with Crippen LogP contribution in [0.1, 0.15) is 11.3 Å². The third-order valence-corrected chi connectivity index (χ3v) is 3.09. The van der Waals surface area contributed by atoms with Crippen molar-refractivity contribution in [2.75, 3.05) is 19.0 Å². The maximum atomic E-state index is 12.0. The Balaban J connectivity index is 2.06. The highest BCUT2D eigenvalue weighted by Crippen LogP contribution is 2.14. The molecule has 0 saturated carbocycles. The number of benzene rings is 1.